The molecule has 0 bridgehead atoms. The Morgan fingerprint density at radius 1 is 1.71 bits per heavy atom. The van der Waals surface area contributed by atoms with Gasteiger partial charge in [0.1, 0.15) is 5.82 Å². The largest absolute Gasteiger partial charge is 0.464 e. The summed E-state index contributed by atoms with van der Waals surface area (Å²) in [5.74, 6) is 0.325. The molecular weight excluding hydrogens is 242 g/mol. The molecule has 0 saturated heterocycles. The average molecular weight is 259 g/mol. The number of hydrogen-bond acceptors (Lipinski definition) is 5. The van der Waals surface area contributed by atoms with Crippen molar-refractivity contribution in [2.24, 2.45) is 0 Å². The average Bonchev–Trinajstić information content (AvgIpc) is 2.67. The molecule has 7 heteroatoms. The number of rotatable bonds is 5. The van der Waals surface area contributed by atoms with E-state index >= 15 is 0 Å². The van der Waals surface area contributed by atoms with Crippen molar-refractivity contribution in [1.82, 2.24) is 9.55 Å². The summed E-state index contributed by atoms with van der Waals surface area (Å²) in [6, 6.07) is 0.0461. The number of hydrogen-bond donors (Lipinski definition) is 1. The monoisotopic (exact) mass is 259 g/mol. The van der Waals surface area contributed by atoms with Crippen LogP contribution in [0.25, 0.3) is 0 Å². The lowest BCUT2D eigenvalue weighted by atomic mass is 10.2. The van der Waals surface area contributed by atoms with E-state index in [9.17, 15) is 9.00 Å². The molecule has 0 amide bonds. The van der Waals surface area contributed by atoms with Crippen LogP contribution in [0.5, 0.6) is 0 Å². The van der Waals surface area contributed by atoms with Crippen molar-refractivity contribution < 1.29 is 13.7 Å². The van der Waals surface area contributed by atoms with Crippen molar-refractivity contribution in [2.75, 3.05) is 24.9 Å². The van der Waals surface area contributed by atoms with E-state index in [1.165, 1.54) is 13.4 Å². The van der Waals surface area contributed by atoms with Gasteiger partial charge in [-0.2, -0.15) is 0 Å². The van der Waals surface area contributed by atoms with Crippen molar-refractivity contribution in [3.8, 4) is 0 Å². The zero-order chi connectivity index (χ0) is 13.0. The minimum Gasteiger partial charge on any atom is -0.464 e. The van der Waals surface area contributed by atoms with Crippen LogP contribution in [0.3, 0.4) is 0 Å². The van der Waals surface area contributed by atoms with Crippen LogP contribution in [0.1, 0.15) is 29.9 Å². The smallest absolute Gasteiger partial charge is 0.360 e. The number of ether oxygens (including phenoxy) is 1. The molecule has 1 heterocycles. The molecule has 0 aliphatic rings. The van der Waals surface area contributed by atoms with E-state index in [0.717, 1.165) is 0 Å². The van der Waals surface area contributed by atoms with Gasteiger partial charge in [0.15, 0.2) is 5.69 Å². The standard InChI is InChI=1S/C10H17N3O3S/c1-7(4-5-17(3)15)13-6-12-8(9(13)11)10(14)16-2/h6-7H,4-5,11H2,1-3H3. The van der Waals surface area contributed by atoms with Gasteiger partial charge in [-0.25, -0.2) is 9.78 Å². The zero-order valence-corrected chi connectivity index (χ0v) is 11.0. The molecule has 0 aliphatic carbocycles. The van der Waals surface area contributed by atoms with Gasteiger partial charge in [-0.1, -0.05) is 0 Å². The topological polar surface area (TPSA) is 87.2 Å². The number of nitrogens with zero attached hydrogens (tertiary/aromatic N) is 2. The van der Waals surface area contributed by atoms with Gasteiger partial charge in [-0.05, 0) is 13.3 Å². The van der Waals surface area contributed by atoms with Crippen LogP contribution in [0.2, 0.25) is 0 Å². The Morgan fingerprint density at radius 3 is 2.88 bits per heavy atom. The number of nitrogens with two attached hydrogens (primary N) is 1. The fraction of sp³-hybridized carbons (Fsp3) is 0.600. The van der Waals surface area contributed by atoms with Crippen LogP contribution in [0, 0.1) is 0 Å². The maximum Gasteiger partial charge on any atom is 0.360 e. The van der Waals surface area contributed by atoms with Crippen LogP contribution in [0.15, 0.2) is 6.33 Å². The Hall–Kier alpha value is -1.37. The van der Waals surface area contributed by atoms with E-state index in [1.54, 1.807) is 10.8 Å². The number of esters is 1. The molecule has 2 atom stereocenters. The van der Waals surface area contributed by atoms with Crippen molar-refractivity contribution in [2.45, 2.75) is 19.4 Å². The van der Waals surface area contributed by atoms with E-state index in [1.807, 2.05) is 6.92 Å². The summed E-state index contributed by atoms with van der Waals surface area (Å²) in [6.45, 7) is 1.94. The van der Waals surface area contributed by atoms with Gasteiger partial charge >= 0.3 is 5.97 Å². The molecule has 96 valence electrons. The number of carbonyl (C=O) groups excluding carboxylic acids is 1. The lowest BCUT2D eigenvalue weighted by molar-refractivity contribution is 0.0596. The highest BCUT2D eigenvalue weighted by molar-refractivity contribution is 7.84. The fourth-order valence-corrected chi connectivity index (χ4v) is 2.12. The third-order valence-corrected chi connectivity index (χ3v) is 3.32. The lowest BCUT2D eigenvalue weighted by Gasteiger charge is -2.14. The summed E-state index contributed by atoms with van der Waals surface area (Å²) in [6.07, 6.45) is 3.87. The molecule has 1 aromatic heterocycles. The summed E-state index contributed by atoms with van der Waals surface area (Å²) in [7, 11) is 0.446. The Morgan fingerprint density at radius 2 is 2.35 bits per heavy atom. The third-order valence-electron chi connectivity index (χ3n) is 2.51. The van der Waals surface area contributed by atoms with Crippen molar-refractivity contribution in [3.05, 3.63) is 12.0 Å². The molecule has 1 aromatic rings. The summed E-state index contributed by atoms with van der Waals surface area (Å²) >= 11 is 0. The number of aromatic nitrogens is 2. The molecule has 17 heavy (non-hydrogen) atoms. The lowest BCUT2D eigenvalue weighted by Crippen LogP contribution is -2.12. The van der Waals surface area contributed by atoms with E-state index in [2.05, 4.69) is 9.72 Å². The molecule has 0 aromatic carbocycles. The normalized spacial score (nSPS) is 14.3. The maximum absolute atomic E-state index is 11.3. The predicted molar refractivity (Wildman–Crippen MR) is 66.2 cm³/mol. The molecule has 0 radical (unpaired) electrons. The molecule has 0 saturated carbocycles. The van der Waals surface area contributed by atoms with Gasteiger partial charge in [0.25, 0.3) is 0 Å². The second kappa shape index (κ2) is 5.81. The van der Waals surface area contributed by atoms with Crippen LogP contribution in [-0.4, -0.2) is 38.8 Å². The second-order valence-corrected chi connectivity index (χ2v) is 5.35. The quantitative estimate of drug-likeness (QED) is 0.782. The zero-order valence-electron chi connectivity index (χ0n) is 10.2. The van der Waals surface area contributed by atoms with E-state index < -0.39 is 16.8 Å². The fourth-order valence-electron chi connectivity index (χ4n) is 1.45. The molecule has 0 aliphatic heterocycles. The molecule has 0 fully saturated rings. The van der Waals surface area contributed by atoms with E-state index in [4.69, 9.17) is 5.73 Å². The summed E-state index contributed by atoms with van der Waals surface area (Å²) < 4.78 is 17.3. The first kappa shape index (κ1) is 13.7. The van der Waals surface area contributed by atoms with Gasteiger partial charge in [0.2, 0.25) is 0 Å². The second-order valence-electron chi connectivity index (χ2n) is 3.79. The van der Waals surface area contributed by atoms with Crippen molar-refractivity contribution in [1.29, 1.82) is 0 Å². The van der Waals surface area contributed by atoms with E-state index in [-0.39, 0.29) is 17.6 Å². The Labute approximate surface area is 103 Å². The first-order chi connectivity index (χ1) is 7.97. The number of methoxy groups -OCH3 is 1. The molecule has 6 nitrogen and oxygen atoms in total. The Bertz CT molecular complexity index is 430. The Balaban J connectivity index is 2.81. The van der Waals surface area contributed by atoms with Gasteiger partial charge in [-0.15, -0.1) is 0 Å². The molecule has 2 N–H and O–H groups in total. The van der Waals surface area contributed by atoms with Gasteiger partial charge in [0.05, 0.1) is 13.4 Å². The number of nitrogen functional groups attached to an aromatic ring is 1. The van der Waals surface area contributed by atoms with Crippen molar-refractivity contribution >= 4 is 22.6 Å². The summed E-state index contributed by atoms with van der Waals surface area (Å²) in [5.41, 5.74) is 5.93. The van der Waals surface area contributed by atoms with Crippen LogP contribution < -0.4 is 5.73 Å². The SMILES string of the molecule is COC(=O)c1ncn(C(C)CCS(C)=O)c1N. The highest BCUT2D eigenvalue weighted by Gasteiger charge is 2.18. The molecule has 2 unspecified atom stereocenters. The van der Waals surface area contributed by atoms with E-state index in [0.29, 0.717) is 12.2 Å². The van der Waals surface area contributed by atoms with Crippen molar-refractivity contribution in [3.63, 3.8) is 0 Å². The first-order valence-electron chi connectivity index (χ1n) is 5.18. The Kier molecular flexibility index (Phi) is 4.68. The maximum atomic E-state index is 11.3. The highest BCUT2D eigenvalue weighted by atomic mass is 32.2. The summed E-state index contributed by atoms with van der Waals surface area (Å²) in [4.78, 5) is 15.2. The molecular formula is C10H17N3O3S. The van der Waals surface area contributed by atoms with Crippen LogP contribution >= 0.6 is 0 Å². The minimum absolute atomic E-state index is 0.0461. The molecule has 0 spiro atoms. The first-order valence-corrected chi connectivity index (χ1v) is 6.90. The molecule has 1 rings (SSSR count). The highest BCUT2D eigenvalue weighted by Crippen LogP contribution is 2.19. The minimum atomic E-state index is -0.836. The third kappa shape index (κ3) is 3.29. The van der Waals surface area contributed by atoms with Crippen LogP contribution in [-0.2, 0) is 15.5 Å². The number of imidazole rings is 1. The van der Waals surface area contributed by atoms with Gasteiger partial charge < -0.3 is 15.0 Å². The number of anilines is 1. The number of carbonyl (C=O) groups is 1. The predicted octanol–water partition coefficient (Wildman–Crippen LogP) is 0.582. The van der Waals surface area contributed by atoms with Crippen LogP contribution in [0.4, 0.5) is 5.82 Å². The summed E-state index contributed by atoms with van der Waals surface area (Å²) in [5, 5.41) is 0. The van der Waals surface area contributed by atoms with Gasteiger partial charge in [0, 0.05) is 28.9 Å². The van der Waals surface area contributed by atoms with Gasteiger partial charge in [-0.3, -0.25) is 4.21 Å².